The highest BCUT2D eigenvalue weighted by molar-refractivity contribution is 7.22. The molecule has 0 bridgehead atoms. The molecule has 254 valence electrons. The molecule has 6 heterocycles. The van der Waals surface area contributed by atoms with Crippen molar-refractivity contribution in [3.8, 4) is 22.9 Å². The standard InChI is InChI=1S/C33H34ClF3N6O4S/c1-15-28(33(44)7-8-33)43(17-5-10-45-13-17)29-21-25(40-31(41-29)46-14-32-6-2-9-42(32)12-16(35)11-32)23(37)20(22(34)26(21)47-15)18-3-4-19(36)27-24(18)39-30(38)48-27/h3-4,15-17,28,44H,2,5-14H2,1H3,(H2,38,39)/t15?,16-,17?,28?,32+/m1/s1. The van der Waals surface area contributed by atoms with Crippen LogP contribution < -0.4 is 20.1 Å². The van der Waals surface area contributed by atoms with Crippen molar-refractivity contribution < 1.29 is 32.5 Å². The molecule has 1 saturated carbocycles. The Morgan fingerprint density at radius 3 is 2.79 bits per heavy atom. The first-order valence-electron chi connectivity index (χ1n) is 16.4. The van der Waals surface area contributed by atoms with Crippen LogP contribution in [-0.2, 0) is 4.74 Å². The first kappa shape index (κ1) is 30.9. The largest absolute Gasteiger partial charge is 0.486 e. The number of rotatable bonds is 6. The minimum Gasteiger partial charge on any atom is -0.486 e. The molecule has 10 nitrogen and oxygen atoms in total. The van der Waals surface area contributed by atoms with Gasteiger partial charge in [0, 0.05) is 30.7 Å². The van der Waals surface area contributed by atoms with Crippen molar-refractivity contribution in [3.63, 3.8) is 0 Å². The molecule has 48 heavy (non-hydrogen) atoms. The van der Waals surface area contributed by atoms with Gasteiger partial charge in [-0.2, -0.15) is 9.97 Å². The number of nitrogen functional groups attached to an aromatic ring is 1. The number of hydrogen-bond acceptors (Lipinski definition) is 11. The van der Waals surface area contributed by atoms with Crippen molar-refractivity contribution in [2.24, 2.45) is 0 Å². The molecule has 3 N–H and O–H groups in total. The van der Waals surface area contributed by atoms with Gasteiger partial charge in [-0.25, -0.2) is 18.2 Å². The summed E-state index contributed by atoms with van der Waals surface area (Å²) in [6.45, 7) is 4.01. The number of aromatic nitrogens is 3. The topological polar surface area (TPSA) is 119 Å². The third kappa shape index (κ3) is 4.59. The number of alkyl halides is 1. The third-order valence-electron chi connectivity index (χ3n) is 10.9. The minimum atomic E-state index is -1.08. The molecule has 4 aliphatic heterocycles. The van der Waals surface area contributed by atoms with Crippen LogP contribution in [0.5, 0.6) is 11.8 Å². The van der Waals surface area contributed by atoms with E-state index in [1.165, 1.54) is 12.1 Å². The van der Waals surface area contributed by atoms with Crippen LogP contribution in [0.1, 0.15) is 45.4 Å². The van der Waals surface area contributed by atoms with Crippen LogP contribution in [0, 0.1) is 11.6 Å². The van der Waals surface area contributed by atoms with E-state index in [0.717, 1.165) is 30.7 Å². The molecular formula is C33H34ClF3N6O4S. The first-order valence-corrected chi connectivity index (χ1v) is 17.6. The van der Waals surface area contributed by atoms with E-state index in [1.54, 1.807) is 0 Å². The summed E-state index contributed by atoms with van der Waals surface area (Å²) in [6, 6.07) is 1.78. The lowest BCUT2D eigenvalue weighted by atomic mass is 9.95. The van der Waals surface area contributed by atoms with Crippen LogP contribution in [0.25, 0.3) is 32.2 Å². The molecule has 5 aliphatic rings. The average molecular weight is 703 g/mol. The normalized spacial score (nSPS) is 29.4. The van der Waals surface area contributed by atoms with E-state index in [9.17, 15) is 13.9 Å². The van der Waals surface area contributed by atoms with Crippen LogP contribution in [0.3, 0.4) is 0 Å². The molecule has 2 aromatic heterocycles. The Balaban J connectivity index is 1.28. The quantitative estimate of drug-likeness (QED) is 0.261. The Hall–Kier alpha value is -3.17. The number of halogens is 4. The Morgan fingerprint density at radius 2 is 2.02 bits per heavy atom. The van der Waals surface area contributed by atoms with E-state index in [4.69, 9.17) is 36.5 Å². The molecule has 15 heteroatoms. The lowest BCUT2D eigenvalue weighted by Crippen LogP contribution is -2.57. The smallest absolute Gasteiger partial charge is 0.319 e. The number of thiazole rings is 1. The Labute approximate surface area is 282 Å². The van der Waals surface area contributed by atoms with Gasteiger partial charge >= 0.3 is 6.01 Å². The molecular weight excluding hydrogens is 669 g/mol. The van der Waals surface area contributed by atoms with E-state index >= 15 is 4.39 Å². The van der Waals surface area contributed by atoms with Gasteiger partial charge in [0.15, 0.2) is 16.7 Å². The van der Waals surface area contributed by atoms with Gasteiger partial charge in [0.05, 0.1) is 50.5 Å². The predicted octanol–water partition coefficient (Wildman–Crippen LogP) is 5.65. The Morgan fingerprint density at radius 1 is 1.19 bits per heavy atom. The van der Waals surface area contributed by atoms with Crippen molar-refractivity contribution in [2.45, 2.75) is 80.9 Å². The van der Waals surface area contributed by atoms with Gasteiger partial charge in [-0.05, 0) is 57.7 Å². The van der Waals surface area contributed by atoms with Gasteiger partial charge < -0.3 is 30.0 Å². The number of benzene rings is 2. The molecule has 9 rings (SSSR count). The highest BCUT2D eigenvalue weighted by Gasteiger charge is 2.57. The van der Waals surface area contributed by atoms with Gasteiger partial charge in [-0.3, -0.25) is 4.90 Å². The molecule has 0 radical (unpaired) electrons. The van der Waals surface area contributed by atoms with Crippen molar-refractivity contribution >= 4 is 55.0 Å². The highest BCUT2D eigenvalue weighted by Crippen LogP contribution is 2.54. The van der Waals surface area contributed by atoms with Gasteiger partial charge in [-0.1, -0.05) is 22.9 Å². The molecule has 0 amide bonds. The van der Waals surface area contributed by atoms with E-state index in [-0.39, 0.29) is 66.8 Å². The maximum absolute atomic E-state index is 17.2. The molecule has 2 aromatic carbocycles. The average Bonchev–Trinajstić information content (AvgIpc) is 3.45. The van der Waals surface area contributed by atoms with Crippen LogP contribution in [-0.4, -0.2) is 93.4 Å². The minimum absolute atomic E-state index is 0.0589. The fourth-order valence-electron chi connectivity index (χ4n) is 8.54. The van der Waals surface area contributed by atoms with E-state index in [1.807, 2.05) is 11.8 Å². The van der Waals surface area contributed by atoms with E-state index in [0.29, 0.717) is 51.3 Å². The highest BCUT2D eigenvalue weighted by atomic mass is 35.5. The van der Waals surface area contributed by atoms with Crippen molar-refractivity contribution in [2.75, 3.05) is 43.5 Å². The number of nitrogens with zero attached hydrogens (tertiary/aromatic N) is 5. The molecule has 4 fully saturated rings. The van der Waals surface area contributed by atoms with Crippen molar-refractivity contribution in [3.05, 3.63) is 28.8 Å². The van der Waals surface area contributed by atoms with Gasteiger partial charge in [0.25, 0.3) is 0 Å². The van der Waals surface area contributed by atoms with Crippen LogP contribution >= 0.6 is 22.9 Å². The number of nitrogens with two attached hydrogens (primary N) is 1. The maximum atomic E-state index is 17.2. The lowest BCUT2D eigenvalue weighted by Gasteiger charge is -2.41. The van der Waals surface area contributed by atoms with Crippen molar-refractivity contribution in [1.82, 2.24) is 19.9 Å². The van der Waals surface area contributed by atoms with Crippen LogP contribution in [0.2, 0.25) is 5.02 Å². The summed E-state index contributed by atoms with van der Waals surface area (Å²) in [7, 11) is 0. The summed E-state index contributed by atoms with van der Waals surface area (Å²) in [5, 5.41) is 12.0. The second-order valence-electron chi connectivity index (χ2n) is 13.9. The summed E-state index contributed by atoms with van der Waals surface area (Å²) in [5.41, 5.74) is 4.59. The maximum Gasteiger partial charge on any atom is 0.319 e. The molecule has 4 aromatic rings. The first-order chi connectivity index (χ1) is 23.1. The SMILES string of the molecule is CC1Oc2c(Cl)c(-c3ccc(F)c4sc(N)nc34)c(F)c3nc(OC[C@@]45CCCN4C[C@H](F)C5)nc(c23)N(C2CCOC2)C1C1(O)CC1. The zero-order valence-corrected chi connectivity index (χ0v) is 27.7. The Bertz CT molecular complexity index is 1980. The zero-order valence-electron chi connectivity index (χ0n) is 26.1. The Kier molecular flexibility index (Phi) is 7.02. The number of hydrogen-bond donors (Lipinski definition) is 2. The van der Waals surface area contributed by atoms with Gasteiger partial charge in [-0.15, -0.1) is 0 Å². The predicted molar refractivity (Wildman–Crippen MR) is 176 cm³/mol. The number of aliphatic hydroxyl groups is 1. The zero-order chi connectivity index (χ0) is 33.1. The molecule has 5 atom stereocenters. The van der Waals surface area contributed by atoms with Gasteiger partial charge in [0.2, 0.25) is 0 Å². The van der Waals surface area contributed by atoms with Crippen LogP contribution in [0.15, 0.2) is 12.1 Å². The third-order valence-corrected chi connectivity index (χ3v) is 12.1. The fraction of sp³-hybridized carbons (Fsp3) is 0.545. The number of anilines is 2. The lowest BCUT2D eigenvalue weighted by molar-refractivity contribution is 0.0521. The van der Waals surface area contributed by atoms with Crippen molar-refractivity contribution in [1.29, 1.82) is 0 Å². The second kappa shape index (κ2) is 10.9. The summed E-state index contributed by atoms with van der Waals surface area (Å²) in [6.07, 6.45) is 2.23. The molecule has 3 saturated heterocycles. The number of fused-ring (bicyclic) bond motifs is 2. The summed E-state index contributed by atoms with van der Waals surface area (Å²) >= 11 is 8.07. The summed E-state index contributed by atoms with van der Waals surface area (Å²) in [4.78, 5) is 18.0. The molecule has 0 spiro atoms. The van der Waals surface area contributed by atoms with Gasteiger partial charge in [0.1, 0.15) is 36.0 Å². The summed E-state index contributed by atoms with van der Waals surface area (Å²) < 4.78 is 65.6. The fourth-order valence-corrected chi connectivity index (χ4v) is 9.63. The number of ether oxygens (including phenoxy) is 3. The molecule has 3 unspecified atom stereocenters. The molecule has 1 aliphatic carbocycles. The van der Waals surface area contributed by atoms with Crippen LogP contribution in [0.4, 0.5) is 24.1 Å². The van der Waals surface area contributed by atoms with E-state index < -0.39 is 41.1 Å². The summed E-state index contributed by atoms with van der Waals surface area (Å²) in [5.74, 6) is -0.869. The van der Waals surface area contributed by atoms with E-state index in [2.05, 4.69) is 14.9 Å². The second-order valence-corrected chi connectivity index (χ2v) is 15.3. The monoisotopic (exact) mass is 702 g/mol.